The topological polar surface area (TPSA) is 11.4 Å². The van der Waals surface area contributed by atoms with Crippen molar-refractivity contribution in [3.8, 4) is 0 Å². The monoisotopic (exact) mass is 373 g/mol. The fourth-order valence-corrected chi connectivity index (χ4v) is 4.53. The molecular formula is C25H31N3. The van der Waals surface area contributed by atoms with E-state index in [2.05, 4.69) is 103 Å². The van der Waals surface area contributed by atoms with Gasteiger partial charge < -0.3 is 9.47 Å². The lowest BCUT2D eigenvalue weighted by atomic mass is 9.92. The molecular weight excluding hydrogens is 342 g/mol. The standard InChI is InChI=1S/C25H31N3/c1-19-8-5-9-20(2)24(19)25-23-10-6-15-27(23)16-7-17-28(25)18-21-11-13-22(14-12-21)26(3)4/h5-6,8-15,25H,7,16-18H2,1-4H3. The second-order valence-electron chi connectivity index (χ2n) is 8.22. The molecule has 0 saturated heterocycles. The molecule has 0 aliphatic carbocycles. The number of anilines is 1. The summed E-state index contributed by atoms with van der Waals surface area (Å²) in [7, 11) is 4.18. The molecule has 0 N–H and O–H groups in total. The molecule has 3 nitrogen and oxygen atoms in total. The fraction of sp³-hybridized carbons (Fsp3) is 0.360. The minimum atomic E-state index is 0.298. The zero-order chi connectivity index (χ0) is 19.7. The predicted molar refractivity (Wildman–Crippen MR) is 118 cm³/mol. The number of nitrogens with zero attached hydrogens (tertiary/aromatic N) is 3. The quantitative estimate of drug-likeness (QED) is 0.625. The Morgan fingerprint density at radius 3 is 2.29 bits per heavy atom. The molecule has 0 saturated carbocycles. The van der Waals surface area contributed by atoms with Crippen LogP contribution in [0, 0.1) is 13.8 Å². The molecule has 0 spiro atoms. The van der Waals surface area contributed by atoms with E-state index in [1.807, 2.05) is 0 Å². The van der Waals surface area contributed by atoms with Gasteiger partial charge in [-0.2, -0.15) is 0 Å². The number of aromatic nitrogens is 1. The van der Waals surface area contributed by atoms with Crippen molar-refractivity contribution in [1.29, 1.82) is 0 Å². The normalized spacial score (nSPS) is 17.2. The summed E-state index contributed by atoms with van der Waals surface area (Å²) in [5, 5.41) is 0. The van der Waals surface area contributed by atoms with Crippen LogP contribution in [0.15, 0.2) is 60.8 Å². The van der Waals surface area contributed by atoms with Gasteiger partial charge in [0.25, 0.3) is 0 Å². The second-order valence-corrected chi connectivity index (χ2v) is 8.22. The van der Waals surface area contributed by atoms with Crippen LogP contribution in [-0.2, 0) is 13.1 Å². The van der Waals surface area contributed by atoms with Gasteiger partial charge in [0.2, 0.25) is 0 Å². The molecule has 4 rings (SSSR count). The molecule has 1 aromatic heterocycles. The molecule has 28 heavy (non-hydrogen) atoms. The molecule has 3 heteroatoms. The Hall–Kier alpha value is -2.52. The van der Waals surface area contributed by atoms with Gasteiger partial charge in [-0.3, -0.25) is 4.90 Å². The van der Waals surface area contributed by atoms with Crippen molar-refractivity contribution in [3.05, 3.63) is 88.7 Å². The van der Waals surface area contributed by atoms with E-state index >= 15 is 0 Å². The lowest BCUT2D eigenvalue weighted by Gasteiger charge is -2.33. The largest absolute Gasteiger partial charge is 0.378 e. The molecule has 2 heterocycles. The Morgan fingerprint density at radius 1 is 0.893 bits per heavy atom. The summed E-state index contributed by atoms with van der Waals surface area (Å²) in [4.78, 5) is 4.82. The van der Waals surface area contributed by atoms with Crippen molar-refractivity contribution in [2.24, 2.45) is 0 Å². The Bertz CT molecular complexity index is 916. The zero-order valence-corrected chi connectivity index (χ0v) is 17.5. The maximum Gasteiger partial charge on any atom is 0.0764 e. The average Bonchev–Trinajstić information content (AvgIpc) is 3.06. The average molecular weight is 374 g/mol. The number of fused-ring (bicyclic) bond motifs is 1. The van der Waals surface area contributed by atoms with Gasteiger partial charge in [-0.05, 0) is 66.8 Å². The third kappa shape index (κ3) is 3.59. The highest BCUT2D eigenvalue weighted by atomic mass is 15.2. The van der Waals surface area contributed by atoms with Crippen LogP contribution < -0.4 is 4.90 Å². The Morgan fingerprint density at radius 2 is 1.61 bits per heavy atom. The number of rotatable bonds is 4. The minimum Gasteiger partial charge on any atom is -0.378 e. The maximum absolute atomic E-state index is 2.67. The van der Waals surface area contributed by atoms with Crippen LogP contribution >= 0.6 is 0 Å². The van der Waals surface area contributed by atoms with Crippen molar-refractivity contribution in [2.75, 3.05) is 25.5 Å². The summed E-state index contributed by atoms with van der Waals surface area (Å²) in [6.45, 7) is 7.68. The molecule has 0 bridgehead atoms. The van der Waals surface area contributed by atoms with E-state index in [9.17, 15) is 0 Å². The van der Waals surface area contributed by atoms with E-state index in [0.29, 0.717) is 6.04 Å². The van der Waals surface area contributed by atoms with Crippen LogP contribution in [0.1, 0.15) is 40.4 Å². The maximum atomic E-state index is 2.67. The number of aryl methyl sites for hydroxylation is 3. The Balaban J connectivity index is 1.74. The summed E-state index contributed by atoms with van der Waals surface area (Å²) in [5.74, 6) is 0. The van der Waals surface area contributed by atoms with Crippen molar-refractivity contribution in [1.82, 2.24) is 9.47 Å². The molecule has 0 fully saturated rings. The Labute approximate surface area is 169 Å². The third-order valence-electron chi connectivity index (χ3n) is 6.01. The summed E-state index contributed by atoms with van der Waals surface area (Å²) in [5.41, 5.74) is 8.27. The van der Waals surface area contributed by atoms with Crippen LogP contribution in [0.3, 0.4) is 0 Å². The highest BCUT2D eigenvalue weighted by Crippen LogP contribution is 2.36. The van der Waals surface area contributed by atoms with Crippen molar-refractivity contribution < 1.29 is 0 Å². The van der Waals surface area contributed by atoms with Gasteiger partial charge >= 0.3 is 0 Å². The van der Waals surface area contributed by atoms with Gasteiger partial charge in [0.15, 0.2) is 0 Å². The van der Waals surface area contributed by atoms with E-state index in [1.54, 1.807) is 0 Å². The molecule has 1 aliphatic heterocycles. The smallest absolute Gasteiger partial charge is 0.0764 e. The zero-order valence-electron chi connectivity index (χ0n) is 17.5. The SMILES string of the molecule is Cc1cccc(C)c1C1c2cccn2CCCN1Cc1ccc(N(C)C)cc1. The van der Waals surface area contributed by atoms with Crippen molar-refractivity contribution in [2.45, 2.75) is 39.4 Å². The highest BCUT2D eigenvalue weighted by Gasteiger charge is 2.29. The molecule has 3 aromatic rings. The van der Waals surface area contributed by atoms with Crippen LogP contribution in [0.25, 0.3) is 0 Å². The summed E-state index contributed by atoms with van der Waals surface area (Å²) < 4.78 is 2.45. The second kappa shape index (κ2) is 7.84. The molecule has 0 amide bonds. The summed E-state index contributed by atoms with van der Waals surface area (Å²) in [6, 6.07) is 20.5. The van der Waals surface area contributed by atoms with Gasteiger partial charge in [0, 0.05) is 51.3 Å². The van der Waals surface area contributed by atoms with Gasteiger partial charge in [0.05, 0.1) is 6.04 Å². The molecule has 1 atom stereocenters. The van der Waals surface area contributed by atoms with E-state index in [1.165, 1.54) is 40.1 Å². The Kier molecular flexibility index (Phi) is 5.27. The van der Waals surface area contributed by atoms with Gasteiger partial charge in [-0.25, -0.2) is 0 Å². The molecule has 1 unspecified atom stereocenters. The van der Waals surface area contributed by atoms with E-state index in [4.69, 9.17) is 0 Å². The van der Waals surface area contributed by atoms with Crippen LogP contribution in [0.2, 0.25) is 0 Å². The first-order chi connectivity index (χ1) is 13.5. The number of hydrogen-bond donors (Lipinski definition) is 0. The van der Waals surface area contributed by atoms with Crippen molar-refractivity contribution >= 4 is 5.69 Å². The van der Waals surface area contributed by atoms with Crippen LogP contribution in [0.5, 0.6) is 0 Å². The van der Waals surface area contributed by atoms with E-state index < -0.39 is 0 Å². The first-order valence-electron chi connectivity index (χ1n) is 10.3. The summed E-state index contributed by atoms with van der Waals surface area (Å²) >= 11 is 0. The van der Waals surface area contributed by atoms with E-state index in [-0.39, 0.29) is 0 Å². The molecule has 0 radical (unpaired) electrons. The van der Waals surface area contributed by atoms with Gasteiger partial charge in [-0.1, -0.05) is 30.3 Å². The lowest BCUT2D eigenvalue weighted by Crippen LogP contribution is -2.30. The van der Waals surface area contributed by atoms with Gasteiger partial charge in [-0.15, -0.1) is 0 Å². The predicted octanol–water partition coefficient (Wildman–Crippen LogP) is 5.17. The molecule has 146 valence electrons. The van der Waals surface area contributed by atoms with Gasteiger partial charge in [0.1, 0.15) is 0 Å². The first kappa shape index (κ1) is 18.8. The van der Waals surface area contributed by atoms with Crippen molar-refractivity contribution in [3.63, 3.8) is 0 Å². The lowest BCUT2D eigenvalue weighted by molar-refractivity contribution is 0.219. The number of benzene rings is 2. The summed E-state index contributed by atoms with van der Waals surface area (Å²) in [6.07, 6.45) is 3.42. The molecule has 1 aliphatic rings. The highest BCUT2D eigenvalue weighted by molar-refractivity contribution is 5.46. The minimum absolute atomic E-state index is 0.298. The van der Waals surface area contributed by atoms with Crippen LogP contribution in [-0.4, -0.2) is 30.1 Å². The number of hydrogen-bond acceptors (Lipinski definition) is 2. The first-order valence-corrected chi connectivity index (χ1v) is 10.3. The fourth-order valence-electron chi connectivity index (χ4n) is 4.53. The third-order valence-corrected chi connectivity index (χ3v) is 6.01. The molecule has 2 aromatic carbocycles. The van der Waals surface area contributed by atoms with Crippen LogP contribution in [0.4, 0.5) is 5.69 Å². The van der Waals surface area contributed by atoms with E-state index in [0.717, 1.165) is 19.6 Å².